The maximum Gasteiger partial charge on any atom is 0.255 e. The lowest BCUT2D eigenvalue weighted by atomic mass is 9.87. The molecule has 3 heterocycles. The Morgan fingerprint density at radius 3 is 2.62 bits per heavy atom. The summed E-state index contributed by atoms with van der Waals surface area (Å²) < 4.78 is 6.15. The zero-order valence-electron chi connectivity index (χ0n) is 16.4. The Labute approximate surface area is 169 Å². The standard InChI is InChI=1S/C21H26N4O4/c26-19-4-3-18(20(27)23-19)25-12-13-9-15(1-2-17(13)21(25)28)29-16-10-14(11-16)24-7-5-22-6-8-24/h1-2,9,14,16,18,22H,3-8,10-12H2,(H,23,26,27). The first-order chi connectivity index (χ1) is 14.1. The molecule has 29 heavy (non-hydrogen) atoms. The molecular weight excluding hydrogens is 372 g/mol. The molecule has 1 aliphatic carbocycles. The van der Waals surface area contributed by atoms with Gasteiger partial charge in [-0.1, -0.05) is 0 Å². The maximum absolute atomic E-state index is 12.8. The molecule has 0 spiro atoms. The van der Waals surface area contributed by atoms with Crippen molar-refractivity contribution in [3.63, 3.8) is 0 Å². The van der Waals surface area contributed by atoms with Gasteiger partial charge in [-0.3, -0.25) is 24.6 Å². The molecule has 0 aromatic heterocycles. The van der Waals surface area contributed by atoms with Gasteiger partial charge in [0.2, 0.25) is 11.8 Å². The molecular formula is C21H26N4O4. The van der Waals surface area contributed by atoms with E-state index in [0.717, 1.165) is 50.3 Å². The van der Waals surface area contributed by atoms with Gasteiger partial charge in [-0.05, 0) is 30.2 Å². The van der Waals surface area contributed by atoms with Gasteiger partial charge in [-0.25, -0.2) is 0 Å². The van der Waals surface area contributed by atoms with E-state index in [1.807, 2.05) is 12.1 Å². The van der Waals surface area contributed by atoms with Gasteiger partial charge >= 0.3 is 0 Å². The van der Waals surface area contributed by atoms with E-state index in [-0.39, 0.29) is 30.2 Å². The third-order valence-corrected chi connectivity index (χ3v) is 6.54. The fourth-order valence-electron chi connectivity index (χ4n) is 4.80. The number of hydrogen-bond donors (Lipinski definition) is 2. The Balaban J connectivity index is 1.20. The van der Waals surface area contributed by atoms with Gasteiger partial charge in [0.25, 0.3) is 5.91 Å². The number of amides is 3. The van der Waals surface area contributed by atoms with E-state index in [9.17, 15) is 14.4 Å². The Bertz CT molecular complexity index is 845. The van der Waals surface area contributed by atoms with Crippen molar-refractivity contribution in [1.29, 1.82) is 0 Å². The Morgan fingerprint density at radius 1 is 1.07 bits per heavy atom. The molecule has 3 fully saturated rings. The van der Waals surface area contributed by atoms with E-state index in [2.05, 4.69) is 15.5 Å². The first-order valence-corrected chi connectivity index (χ1v) is 10.5. The molecule has 2 N–H and O–H groups in total. The van der Waals surface area contributed by atoms with Crippen LogP contribution in [0.25, 0.3) is 0 Å². The predicted octanol–water partition coefficient (Wildman–Crippen LogP) is 0.263. The number of imide groups is 1. The van der Waals surface area contributed by atoms with Crippen LogP contribution in [0.15, 0.2) is 18.2 Å². The van der Waals surface area contributed by atoms with Gasteiger partial charge in [-0.15, -0.1) is 0 Å². The van der Waals surface area contributed by atoms with Gasteiger partial charge in [0.05, 0.1) is 0 Å². The van der Waals surface area contributed by atoms with Crippen LogP contribution in [0.2, 0.25) is 0 Å². The van der Waals surface area contributed by atoms with Gasteiger partial charge < -0.3 is 15.0 Å². The molecule has 8 nitrogen and oxygen atoms in total. The number of benzene rings is 1. The van der Waals surface area contributed by atoms with E-state index in [0.29, 0.717) is 24.6 Å². The van der Waals surface area contributed by atoms with Crippen LogP contribution in [0, 0.1) is 0 Å². The minimum absolute atomic E-state index is 0.150. The SMILES string of the molecule is O=C1CCC(N2Cc3cc(OC4CC(N5CCNCC5)C4)ccc3C2=O)C(=O)N1. The van der Waals surface area contributed by atoms with Crippen LogP contribution in [0.4, 0.5) is 0 Å². The fourth-order valence-corrected chi connectivity index (χ4v) is 4.80. The van der Waals surface area contributed by atoms with Crippen molar-refractivity contribution in [3.8, 4) is 5.75 Å². The van der Waals surface area contributed by atoms with Crippen molar-refractivity contribution in [2.24, 2.45) is 0 Å². The van der Waals surface area contributed by atoms with Crippen LogP contribution in [0.5, 0.6) is 5.75 Å². The summed E-state index contributed by atoms with van der Waals surface area (Å²) in [6.07, 6.45) is 2.94. The summed E-state index contributed by atoms with van der Waals surface area (Å²) in [6, 6.07) is 5.61. The van der Waals surface area contributed by atoms with Crippen molar-refractivity contribution >= 4 is 17.7 Å². The van der Waals surface area contributed by atoms with E-state index >= 15 is 0 Å². The lowest BCUT2D eigenvalue weighted by molar-refractivity contribution is -0.136. The summed E-state index contributed by atoms with van der Waals surface area (Å²) in [6.45, 7) is 4.71. The lowest BCUT2D eigenvalue weighted by Gasteiger charge is -2.44. The highest BCUT2D eigenvalue weighted by atomic mass is 16.5. The van der Waals surface area contributed by atoms with Crippen LogP contribution < -0.4 is 15.4 Å². The topological polar surface area (TPSA) is 91.0 Å². The summed E-state index contributed by atoms with van der Waals surface area (Å²) in [7, 11) is 0. The number of nitrogens with zero attached hydrogens (tertiary/aromatic N) is 2. The maximum atomic E-state index is 12.8. The summed E-state index contributed by atoms with van der Waals surface area (Å²) in [5, 5.41) is 5.72. The van der Waals surface area contributed by atoms with E-state index in [4.69, 9.17) is 4.74 Å². The average molecular weight is 398 g/mol. The smallest absolute Gasteiger partial charge is 0.255 e. The third kappa shape index (κ3) is 3.51. The van der Waals surface area contributed by atoms with E-state index in [1.54, 1.807) is 11.0 Å². The quantitative estimate of drug-likeness (QED) is 0.708. The Kier molecular flexibility index (Phi) is 4.75. The fraction of sp³-hybridized carbons (Fsp3) is 0.571. The highest BCUT2D eigenvalue weighted by Gasteiger charge is 2.40. The van der Waals surface area contributed by atoms with Crippen LogP contribution in [-0.2, 0) is 16.1 Å². The van der Waals surface area contributed by atoms with Crippen LogP contribution in [0.3, 0.4) is 0 Å². The number of ether oxygens (including phenoxy) is 1. The second-order valence-electron chi connectivity index (χ2n) is 8.37. The van der Waals surface area contributed by atoms with Crippen molar-refractivity contribution in [3.05, 3.63) is 29.3 Å². The third-order valence-electron chi connectivity index (χ3n) is 6.54. The van der Waals surface area contributed by atoms with Crippen LogP contribution in [0.1, 0.15) is 41.6 Å². The zero-order chi connectivity index (χ0) is 20.0. The number of rotatable bonds is 4. The van der Waals surface area contributed by atoms with Gasteiger partial charge in [0, 0.05) is 63.6 Å². The molecule has 1 aromatic rings. The molecule has 8 heteroatoms. The largest absolute Gasteiger partial charge is 0.490 e. The van der Waals surface area contributed by atoms with Crippen molar-refractivity contribution in [2.75, 3.05) is 26.2 Å². The molecule has 4 aliphatic rings. The number of carbonyl (C=O) groups is 3. The molecule has 1 atom stereocenters. The molecule has 154 valence electrons. The Morgan fingerprint density at radius 2 is 1.86 bits per heavy atom. The average Bonchev–Trinajstić information content (AvgIpc) is 3.01. The molecule has 1 saturated carbocycles. The number of nitrogens with one attached hydrogen (secondary N) is 2. The summed E-state index contributed by atoms with van der Waals surface area (Å²) >= 11 is 0. The molecule has 0 radical (unpaired) electrons. The Hall–Kier alpha value is -2.45. The van der Waals surface area contributed by atoms with E-state index < -0.39 is 6.04 Å². The first-order valence-electron chi connectivity index (χ1n) is 10.5. The zero-order valence-corrected chi connectivity index (χ0v) is 16.4. The predicted molar refractivity (Wildman–Crippen MR) is 104 cm³/mol. The molecule has 0 bridgehead atoms. The number of hydrogen-bond acceptors (Lipinski definition) is 6. The van der Waals surface area contributed by atoms with Gasteiger partial charge in [0.15, 0.2) is 0 Å². The molecule has 5 rings (SSSR count). The highest BCUT2D eigenvalue weighted by Crippen LogP contribution is 2.33. The summed E-state index contributed by atoms with van der Waals surface area (Å²) in [5.74, 6) is -0.0214. The number of fused-ring (bicyclic) bond motifs is 1. The van der Waals surface area contributed by atoms with Crippen molar-refractivity contribution in [1.82, 2.24) is 20.4 Å². The minimum atomic E-state index is -0.580. The van der Waals surface area contributed by atoms with Crippen LogP contribution >= 0.6 is 0 Å². The lowest BCUT2D eigenvalue weighted by Crippen LogP contribution is -2.55. The minimum Gasteiger partial charge on any atom is -0.490 e. The monoisotopic (exact) mass is 398 g/mol. The first kappa shape index (κ1) is 18.6. The second kappa shape index (κ2) is 7.42. The summed E-state index contributed by atoms with van der Waals surface area (Å²) in [5.41, 5.74) is 1.50. The number of piperazine rings is 1. The summed E-state index contributed by atoms with van der Waals surface area (Å²) in [4.78, 5) is 40.4. The number of piperidine rings is 1. The van der Waals surface area contributed by atoms with Crippen LogP contribution in [-0.4, -0.2) is 71.9 Å². The molecule has 3 amide bonds. The normalized spacial score (nSPS) is 30.0. The second-order valence-corrected chi connectivity index (χ2v) is 8.37. The van der Waals surface area contributed by atoms with Crippen molar-refractivity contribution in [2.45, 2.75) is 50.4 Å². The van der Waals surface area contributed by atoms with Gasteiger partial charge in [-0.2, -0.15) is 0 Å². The molecule has 2 saturated heterocycles. The molecule has 3 aliphatic heterocycles. The molecule has 1 aromatic carbocycles. The van der Waals surface area contributed by atoms with Gasteiger partial charge in [0.1, 0.15) is 17.9 Å². The molecule has 1 unspecified atom stereocenters. The van der Waals surface area contributed by atoms with Crippen molar-refractivity contribution < 1.29 is 19.1 Å². The highest BCUT2D eigenvalue weighted by molar-refractivity contribution is 6.05. The van der Waals surface area contributed by atoms with E-state index in [1.165, 1.54) is 0 Å². The number of carbonyl (C=O) groups excluding carboxylic acids is 3.